The number of pyridine rings is 1. The Labute approximate surface area is 99.4 Å². The quantitative estimate of drug-likeness (QED) is 0.705. The molecule has 0 atom stereocenters. The van der Waals surface area contributed by atoms with Crippen molar-refractivity contribution < 1.29 is 9.53 Å². The van der Waals surface area contributed by atoms with Crippen molar-refractivity contribution in [1.29, 1.82) is 0 Å². The van der Waals surface area contributed by atoms with E-state index in [0.717, 1.165) is 5.82 Å². The molecule has 0 bridgehead atoms. The molecular weight excluding hydrogens is 218 g/mol. The normalized spacial score (nSPS) is 11.8. The molecule has 0 fully saturated rings. The van der Waals surface area contributed by atoms with Gasteiger partial charge in [0.05, 0.1) is 7.11 Å². The van der Waals surface area contributed by atoms with Gasteiger partial charge in [-0.1, -0.05) is 26.8 Å². The predicted molar refractivity (Wildman–Crippen MR) is 63.0 cm³/mol. The van der Waals surface area contributed by atoms with Gasteiger partial charge in [0, 0.05) is 5.41 Å². The van der Waals surface area contributed by atoms with Gasteiger partial charge in [-0.05, 0) is 12.1 Å². The molecule has 0 saturated carbocycles. The number of ether oxygens (including phenoxy) is 1. The fraction of sp³-hybridized carbons (Fsp3) is 0.417. The first kappa shape index (κ1) is 11.6. The third-order valence-electron chi connectivity index (χ3n) is 2.49. The van der Waals surface area contributed by atoms with Crippen LogP contribution in [0, 0.1) is 0 Å². The van der Waals surface area contributed by atoms with E-state index in [9.17, 15) is 4.79 Å². The van der Waals surface area contributed by atoms with Gasteiger partial charge >= 0.3 is 5.97 Å². The maximum atomic E-state index is 11.7. The first-order valence-electron chi connectivity index (χ1n) is 5.38. The Morgan fingerprint density at radius 2 is 2.00 bits per heavy atom. The number of rotatable bonds is 1. The molecule has 0 unspecified atom stereocenters. The Morgan fingerprint density at radius 3 is 2.59 bits per heavy atom. The lowest BCUT2D eigenvalue weighted by Gasteiger charge is -2.17. The van der Waals surface area contributed by atoms with Crippen molar-refractivity contribution in [3.63, 3.8) is 0 Å². The van der Waals surface area contributed by atoms with Gasteiger partial charge in [-0.2, -0.15) is 0 Å². The van der Waals surface area contributed by atoms with Crippen molar-refractivity contribution in [1.82, 2.24) is 14.6 Å². The Hall–Kier alpha value is -1.91. The van der Waals surface area contributed by atoms with Gasteiger partial charge in [-0.3, -0.25) is 4.40 Å². The molecule has 17 heavy (non-hydrogen) atoms. The highest BCUT2D eigenvalue weighted by atomic mass is 16.5. The van der Waals surface area contributed by atoms with Crippen LogP contribution in [-0.2, 0) is 10.2 Å². The largest absolute Gasteiger partial charge is 0.464 e. The van der Waals surface area contributed by atoms with Crippen molar-refractivity contribution in [2.75, 3.05) is 7.11 Å². The molecule has 5 nitrogen and oxygen atoms in total. The van der Waals surface area contributed by atoms with E-state index in [-0.39, 0.29) is 11.4 Å². The van der Waals surface area contributed by atoms with Crippen molar-refractivity contribution in [3.8, 4) is 0 Å². The number of esters is 1. The standard InChI is InChI=1S/C12H15N3O2/c1-12(2,3)11-14-13-9-7-5-6-8(15(9)11)10(16)17-4/h5-7H,1-4H3. The summed E-state index contributed by atoms with van der Waals surface area (Å²) in [5, 5.41) is 8.22. The van der Waals surface area contributed by atoms with Crippen LogP contribution in [0.1, 0.15) is 37.1 Å². The second-order valence-electron chi connectivity index (χ2n) is 4.87. The molecule has 0 spiro atoms. The number of fused-ring (bicyclic) bond motifs is 1. The zero-order chi connectivity index (χ0) is 12.6. The van der Waals surface area contributed by atoms with E-state index >= 15 is 0 Å². The zero-order valence-corrected chi connectivity index (χ0v) is 10.4. The minimum absolute atomic E-state index is 0.191. The number of carbonyl (C=O) groups is 1. The highest BCUT2D eigenvalue weighted by Crippen LogP contribution is 2.22. The van der Waals surface area contributed by atoms with E-state index in [1.54, 1.807) is 16.5 Å². The molecule has 0 aromatic carbocycles. The number of hydrogen-bond acceptors (Lipinski definition) is 4. The maximum Gasteiger partial charge on any atom is 0.355 e. The van der Waals surface area contributed by atoms with Crippen LogP contribution in [0.5, 0.6) is 0 Å². The van der Waals surface area contributed by atoms with Crippen molar-refractivity contribution in [2.45, 2.75) is 26.2 Å². The van der Waals surface area contributed by atoms with Crippen LogP contribution in [-0.4, -0.2) is 27.7 Å². The summed E-state index contributed by atoms with van der Waals surface area (Å²) in [4.78, 5) is 11.7. The Balaban J connectivity index is 2.77. The third-order valence-corrected chi connectivity index (χ3v) is 2.49. The first-order chi connectivity index (χ1) is 7.95. The molecular formula is C12H15N3O2. The molecule has 0 saturated heterocycles. The monoisotopic (exact) mass is 233 g/mol. The molecule has 2 aromatic rings. The van der Waals surface area contributed by atoms with Gasteiger partial charge in [-0.25, -0.2) is 4.79 Å². The molecule has 2 heterocycles. The molecule has 0 aliphatic rings. The summed E-state index contributed by atoms with van der Waals surface area (Å²) in [5.41, 5.74) is 0.904. The van der Waals surface area contributed by atoms with Crippen LogP contribution in [0.2, 0.25) is 0 Å². The van der Waals surface area contributed by atoms with E-state index in [4.69, 9.17) is 4.74 Å². The SMILES string of the molecule is COC(=O)c1cccc2nnc(C(C)(C)C)n12. The predicted octanol–water partition coefficient (Wildman–Crippen LogP) is 1.81. The maximum absolute atomic E-state index is 11.7. The Bertz CT molecular complexity index is 567. The van der Waals surface area contributed by atoms with E-state index in [1.807, 2.05) is 26.8 Å². The van der Waals surface area contributed by atoms with E-state index in [1.165, 1.54) is 7.11 Å². The smallest absolute Gasteiger partial charge is 0.355 e. The number of hydrogen-bond donors (Lipinski definition) is 0. The summed E-state index contributed by atoms with van der Waals surface area (Å²) in [6, 6.07) is 5.29. The summed E-state index contributed by atoms with van der Waals surface area (Å²) in [6.45, 7) is 6.08. The number of carbonyl (C=O) groups excluding carboxylic acids is 1. The molecule has 5 heteroatoms. The second-order valence-corrected chi connectivity index (χ2v) is 4.87. The van der Waals surface area contributed by atoms with Crippen molar-refractivity contribution in [3.05, 3.63) is 29.7 Å². The molecule has 0 N–H and O–H groups in total. The second kappa shape index (κ2) is 3.84. The van der Waals surface area contributed by atoms with Gasteiger partial charge in [-0.15, -0.1) is 10.2 Å². The molecule has 0 radical (unpaired) electrons. The lowest BCUT2D eigenvalue weighted by atomic mass is 9.96. The average molecular weight is 233 g/mol. The number of methoxy groups -OCH3 is 1. The van der Waals surface area contributed by atoms with Gasteiger partial charge in [0.1, 0.15) is 11.5 Å². The first-order valence-corrected chi connectivity index (χ1v) is 5.38. The molecule has 0 amide bonds. The van der Waals surface area contributed by atoms with Crippen LogP contribution in [0.25, 0.3) is 5.65 Å². The van der Waals surface area contributed by atoms with Crippen LogP contribution in [0.4, 0.5) is 0 Å². The molecule has 0 aliphatic heterocycles. The lowest BCUT2D eigenvalue weighted by Crippen LogP contribution is -2.19. The molecule has 0 aliphatic carbocycles. The van der Waals surface area contributed by atoms with E-state index < -0.39 is 0 Å². The van der Waals surface area contributed by atoms with Crippen molar-refractivity contribution in [2.24, 2.45) is 0 Å². The highest BCUT2D eigenvalue weighted by molar-refractivity contribution is 5.88. The van der Waals surface area contributed by atoms with E-state index in [0.29, 0.717) is 11.3 Å². The average Bonchev–Trinajstić information content (AvgIpc) is 2.70. The van der Waals surface area contributed by atoms with Gasteiger partial charge in [0.15, 0.2) is 5.65 Å². The minimum Gasteiger partial charge on any atom is -0.464 e. The number of aromatic nitrogens is 3. The highest BCUT2D eigenvalue weighted by Gasteiger charge is 2.24. The zero-order valence-electron chi connectivity index (χ0n) is 10.4. The van der Waals surface area contributed by atoms with Gasteiger partial charge in [0.25, 0.3) is 0 Å². The number of nitrogens with zero attached hydrogens (tertiary/aromatic N) is 3. The third kappa shape index (κ3) is 1.88. The fourth-order valence-corrected chi connectivity index (χ4v) is 1.69. The lowest BCUT2D eigenvalue weighted by molar-refractivity contribution is 0.0591. The summed E-state index contributed by atoms with van der Waals surface area (Å²) in [5.74, 6) is 0.356. The van der Waals surface area contributed by atoms with Crippen LogP contribution >= 0.6 is 0 Å². The van der Waals surface area contributed by atoms with Crippen LogP contribution in [0.3, 0.4) is 0 Å². The summed E-state index contributed by atoms with van der Waals surface area (Å²) >= 11 is 0. The fourth-order valence-electron chi connectivity index (χ4n) is 1.69. The van der Waals surface area contributed by atoms with Crippen LogP contribution in [0.15, 0.2) is 18.2 Å². The summed E-state index contributed by atoms with van der Waals surface area (Å²) < 4.78 is 6.51. The Kier molecular flexibility index (Phi) is 2.61. The van der Waals surface area contributed by atoms with Gasteiger partial charge in [0.2, 0.25) is 0 Å². The summed E-state index contributed by atoms with van der Waals surface area (Å²) in [7, 11) is 1.36. The molecule has 2 aromatic heterocycles. The molecule has 2 rings (SSSR count). The minimum atomic E-state index is -0.388. The van der Waals surface area contributed by atoms with Crippen LogP contribution < -0.4 is 0 Å². The van der Waals surface area contributed by atoms with Crippen molar-refractivity contribution >= 4 is 11.6 Å². The Morgan fingerprint density at radius 1 is 1.29 bits per heavy atom. The van der Waals surface area contributed by atoms with Gasteiger partial charge < -0.3 is 4.74 Å². The summed E-state index contributed by atoms with van der Waals surface area (Å²) in [6.07, 6.45) is 0. The van der Waals surface area contributed by atoms with E-state index in [2.05, 4.69) is 10.2 Å². The molecule has 90 valence electrons. The topological polar surface area (TPSA) is 56.5 Å².